The molecule has 1 aliphatic heterocycles. The van der Waals surface area contributed by atoms with Gasteiger partial charge in [-0.25, -0.2) is 13.2 Å². The van der Waals surface area contributed by atoms with E-state index in [4.69, 9.17) is 20.6 Å². The molecule has 2 amide bonds. The molecule has 14 nitrogen and oxygen atoms in total. The van der Waals surface area contributed by atoms with Gasteiger partial charge < -0.3 is 30.9 Å². The number of carbonyl (C=O) groups excluding carboxylic acids is 3. The quantitative estimate of drug-likeness (QED) is 0.0876. The molecule has 0 aliphatic carbocycles. The van der Waals surface area contributed by atoms with Crippen molar-refractivity contribution in [2.45, 2.75) is 44.0 Å². The average molecular weight is 630 g/mol. The molecule has 0 aromatic heterocycles. The lowest BCUT2D eigenvalue weighted by molar-refractivity contribution is -0.143. The number of ether oxygens (including phenoxy) is 2. The van der Waals surface area contributed by atoms with Crippen LogP contribution in [0.5, 0.6) is 5.75 Å². The van der Waals surface area contributed by atoms with Gasteiger partial charge in [0.1, 0.15) is 23.9 Å². The number of carbonyl (C=O) groups is 4. The monoisotopic (exact) mass is 629 g/mol. The second-order valence-electron chi connectivity index (χ2n) is 9.84. The summed E-state index contributed by atoms with van der Waals surface area (Å²) in [6.07, 6.45) is 2.44. The Labute approximate surface area is 254 Å². The van der Waals surface area contributed by atoms with Crippen LogP contribution in [-0.4, -0.2) is 79.8 Å². The molecule has 236 valence electrons. The van der Waals surface area contributed by atoms with Crippen LogP contribution in [0.15, 0.2) is 53.1 Å². The first-order chi connectivity index (χ1) is 20.8. The van der Waals surface area contributed by atoms with Crippen molar-refractivity contribution in [2.75, 3.05) is 26.3 Å². The van der Waals surface area contributed by atoms with E-state index in [0.717, 1.165) is 25.8 Å². The number of nitrogens with one attached hydrogen (secondary N) is 3. The Kier molecular flexibility index (Phi) is 11.6. The van der Waals surface area contributed by atoms with Gasteiger partial charge in [-0.3, -0.25) is 19.8 Å². The average Bonchev–Trinajstić information content (AvgIpc) is 3.52. The van der Waals surface area contributed by atoms with E-state index in [1.165, 1.54) is 46.8 Å². The number of esters is 1. The first-order valence-corrected chi connectivity index (χ1v) is 15.2. The van der Waals surface area contributed by atoms with Crippen LogP contribution in [0.4, 0.5) is 0 Å². The van der Waals surface area contributed by atoms with E-state index < -0.39 is 45.5 Å². The second-order valence-corrected chi connectivity index (χ2v) is 11.8. The third kappa shape index (κ3) is 9.12. The van der Waals surface area contributed by atoms with E-state index in [1.807, 2.05) is 0 Å². The summed E-state index contributed by atoms with van der Waals surface area (Å²) in [7, 11) is -3.67. The molecule has 0 spiro atoms. The maximum atomic E-state index is 13.1. The van der Waals surface area contributed by atoms with Crippen LogP contribution in [0, 0.1) is 5.41 Å². The molecular weight excluding hydrogens is 594 g/mol. The summed E-state index contributed by atoms with van der Waals surface area (Å²) in [6, 6.07) is 8.77. The summed E-state index contributed by atoms with van der Waals surface area (Å²) in [6.45, 7) is 3.47. The van der Waals surface area contributed by atoms with Crippen LogP contribution < -0.4 is 21.1 Å². The summed E-state index contributed by atoms with van der Waals surface area (Å²) < 4.78 is 38.0. The first kappa shape index (κ1) is 33.7. The topological polar surface area (TPSA) is 218 Å². The standard InChI is InChI=1S/C29H35N5O9S/c1-3-42-26(36)16-22(33-28(37)19-8-10-23(11-9-19)44(40,41)34-12-4-5-13-34)17-43-25-15-21(27(30)31)7-6-20(25)14-24(29(38)39)32-18(2)35/h6-11,14-15,22H,3-5,12-13,16-17H2,1-2H3,(H3,30,31)(H,32,35)(H,33,37)(H,38,39)/t22-/m1/s1. The number of carboxylic acid groups (broad SMARTS) is 1. The molecule has 0 bridgehead atoms. The largest absolute Gasteiger partial charge is 0.491 e. The highest BCUT2D eigenvalue weighted by atomic mass is 32.2. The van der Waals surface area contributed by atoms with Crippen LogP contribution in [0.3, 0.4) is 0 Å². The molecule has 15 heteroatoms. The number of aliphatic carboxylic acids is 1. The third-order valence-electron chi connectivity index (χ3n) is 6.48. The zero-order valence-electron chi connectivity index (χ0n) is 24.3. The van der Waals surface area contributed by atoms with Crippen molar-refractivity contribution in [3.63, 3.8) is 0 Å². The van der Waals surface area contributed by atoms with Crippen LogP contribution in [-0.2, 0) is 29.1 Å². The molecule has 0 radical (unpaired) electrons. The van der Waals surface area contributed by atoms with Gasteiger partial charge >= 0.3 is 11.9 Å². The van der Waals surface area contributed by atoms with Gasteiger partial charge in [0, 0.05) is 36.7 Å². The van der Waals surface area contributed by atoms with Crippen molar-refractivity contribution in [1.82, 2.24) is 14.9 Å². The maximum absolute atomic E-state index is 13.1. The number of sulfonamides is 1. The molecular formula is C29H35N5O9S. The predicted octanol–water partition coefficient (Wildman–Crippen LogP) is 1.45. The van der Waals surface area contributed by atoms with Gasteiger partial charge in [0.2, 0.25) is 15.9 Å². The normalized spacial score (nSPS) is 14.4. The number of benzene rings is 2. The lowest BCUT2D eigenvalue weighted by atomic mass is 10.1. The molecule has 1 heterocycles. The number of nitrogens with two attached hydrogens (primary N) is 1. The number of hydrogen-bond acceptors (Lipinski definition) is 9. The fourth-order valence-corrected chi connectivity index (χ4v) is 5.85. The lowest BCUT2D eigenvalue weighted by Crippen LogP contribution is -2.41. The van der Waals surface area contributed by atoms with Crippen molar-refractivity contribution >= 4 is 45.7 Å². The zero-order chi connectivity index (χ0) is 32.4. The van der Waals surface area contributed by atoms with Crippen LogP contribution in [0.25, 0.3) is 6.08 Å². The van der Waals surface area contributed by atoms with Crippen molar-refractivity contribution < 1.29 is 42.2 Å². The summed E-state index contributed by atoms with van der Waals surface area (Å²) >= 11 is 0. The van der Waals surface area contributed by atoms with E-state index in [0.29, 0.717) is 13.1 Å². The number of hydrogen-bond donors (Lipinski definition) is 5. The Morgan fingerprint density at radius 1 is 1.09 bits per heavy atom. The number of nitrogens with zero attached hydrogens (tertiary/aromatic N) is 1. The molecule has 0 saturated carbocycles. The van der Waals surface area contributed by atoms with E-state index in [1.54, 1.807) is 6.92 Å². The highest BCUT2D eigenvalue weighted by Crippen LogP contribution is 2.24. The van der Waals surface area contributed by atoms with Crippen LogP contribution in [0.2, 0.25) is 0 Å². The Hall–Kier alpha value is -4.76. The van der Waals surface area contributed by atoms with Crippen LogP contribution in [0.1, 0.15) is 54.6 Å². The zero-order valence-corrected chi connectivity index (χ0v) is 25.1. The Balaban J connectivity index is 1.85. The molecule has 3 rings (SSSR count). The Morgan fingerprint density at radius 2 is 1.73 bits per heavy atom. The fourth-order valence-electron chi connectivity index (χ4n) is 4.33. The molecule has 1 saturated heterocycles. The number of amides is 2. The summed E-state index contributed by atoms with van der Waals surface area (Å²) in [5, 5.41) is 22.1. The van der Waals surface area contributed by atoms with Crippen molar-refractivity contribution in [1.29, 1.82) is 5.41 Å². The second kappa shape index (κ2) is 15.1. The van der Waals surface area contributed by atoms with Crippen molar-refractivity contribution in [3.05, 3.63) is 64.9 Å². The molecule has 1 aliphatic rings. The van der Waals surface area contributed by atoms with E-state index in [-0.39, 0.29) is 52.8 Å². The van der Waals surface area contributed by atoms with E-state index in [9.17, 15) is 32.7 Å². The van der Waals surface area contributed by atoms with E-state index in [2.05, 4.69) is 10.6 Å². The minimum absolute atomic E-state index is 0.0568. The third-order valence-corrected chi connectivity index (χ3v) is 8.39. The number of rotatable bonds is 14. The Bertz CT molecular complexity index is 1550. The number of amidine groups is 1. The van der Waals surface area contributed by atoms with Crippen molar-refractivity contribution in [2.24, 2.45) is 5.73 Å². The number of nitrogen functional groups attached to an aromatic ring is 1. The summed E-state index contributed by atoms with van der Waals surface area (Å²) in [5.41, 5.74) is 5.77. The fraction of sp³-hybridized carbons (Fsp3) is 0.345. The minimum atomic E-state index is -3.67. The SMILES string of the molecule is CCOC(=O)C[C@H](COc1cc(C(=N)N)ccc1C=C(NC(C)=O)C(=O)O)NC(=O)c1ccc(S(=O)(=O)N2CCCC2)cc1. The highest BCUT2D eigenvalue weighted by Gasteiger charge is 2.27. The van der Waals surface area contributed by atoms with Gasteiger partial charge in [-0.05, 0) is 56.2 Å². The van der Waals surface area contributed by atoms with Crippen molar-refractivity contribution in [3.8, 4) is 5.75 Å². The predicted molar refractivity (Wildman–Crippen MR) is 159 cm³/mol. The minimum Gasteiger partial charge on any atom is -0.491 e. The molecule has 1 atom stereocenters. The van der Waals surface area contributed by atoms with E-state index >= 15 is 0 Å². The highest BCUT2D eigenvalue weighted by molar-refractivity contribution is 7.89. The number of carboxylic acids is 1. The molecule has 6 N–H and O–H groups in total. The van der Waals surface area contributed by atoms with Gasteiger partial charge in [0.25, 0.3) is 5.91 Å². The Morgan fingerprint density at radius 3 is 2.30 bits per heavy atom. The maximum Gasteiger partial charge on any atom is 0.352 e. The van der Waals surface area contributed by atoms with Gasteiger partial charge in [-0.15, -0.1) is 0 Å². The van der Waals surface area contributed by atoms with Gasteiger partial charge in [0.05, 0.1) is 24.0 Å². The van der Waals surface area contributed by atoms with Gasteiger partial charge in [0.15, 0.2) is 0 Å². The lowest BCUT2D eigenvalue weighted by Gasteiger charge is -2.20. The molecule has 44 heavy (non-hydrogen) atoms. The summed E-state index contributed by atoms with van der Waals surface area (Å²) in [4.78, 5) is 48.7. The smallest absolute Gasteiger partial charge is 0.352 e. The molecule has 2 aromatic rings. The first-order valence-electron chi connectivity index (χ1n) is 13.7. The molecule has 0 unspecified atom stereocenters. The molecule has 1 fully saturated rings. The molecule has 2 aromatic carbocycles. The van der Waals surface area contributed by atoms with Crippen LogP contribution >= 0.6 is 0 Å². The van der Waals surface area contributed by atoms with Gasteiger partial charge in [-0.1, -0.05) is 12.1 Å². The van der Waals surface area contributed by atoms with Gasteiger partial charge in [-0.2, -0.15) is 4.31 Å². The summed E-state index contributed by atoms with van der Waals surface area (Å²) in [5.74, 6) is -3.48.